The van der Waals surface area contributed by atoms with Crippen LogP contribution in [0.5, 0.6) is 11.8 Å². The van der Waals surface area contributed by atoms with Crippen molar-refractivity contribution in [1.29, 1.82) is 0 Å². The van der Waals surface area contributed by atoms with Crippen LogP contribution in [0, 0.1) is 0 Å². The van der Waals surface area contributed by atoms with Gasteiger partial charge in [0, 0.05) is 47.8 Å². The predicted octanol–water partition coefficient (Wildman–Crippen LogP) is 8.43. The summed E-state index contributed by atoms with van der Waals surface area (Å²) in [6.45, 7) is 0. The largest absolute Gasteiger partial charge is 0.493 e. The summed E-state index contributed by atoms with van der Waals surface area (Å²) in [6, 6.07) is 10.3. The number of unbranched alkanes of at least 4 members (excludes halogenated alkanes) is 5. The first kappa shape index (κ1) is 29.2. The van der Waals surface area contributed by atoms with Gasteiger partial charge in [-0.3, -0.25) is 9.59 Å². The van der Waals surface area contributed by atoms with E-state index in [-0.39, 0.29) is 47.8 Å². The number of azo groups is 2. The van der Waals surface area contributed by atoms with Gasteiger partial charge in [0.25, 0.3) is 11.8 Å². The molecule has 0 unspecified atom stereocenters. The van der Waals surface area contributed by atoms with Crippen LogP contribution in [0.25, 0.3) is 21.8 Å². The number of benzene rings is 2. The second kappa shape index (κ2) is 13.1. The molecule has 0 fully saturated rings. The number of fused-ring (bicyclic) bond motifs is 2. The molecule has 10 nitrogen and oxygen atoms in total. The smallest absolute Gasteiger partial charge is 0.264 e. The molecule has 12 heteroatoms. The van der Waals surface area contributed by atoms with E-state index in [1.54, 1.807) is 59.6 Å². The molecule has 210 valence electrons. The van der Waals surface area contributed by atoms with Gasteiger partial charge in [-0.25, -0.2) is 0 Å². The van der Waals surface area contributed by atoms with Gasteiger partial charge in [-0.15, -0.1) is 20.5 Å². The number of aromatic nitrogens is 2. The van der Waals surface area contributed by atoms with Crippen molar-refractivity contribution in [2.45, 2.75) is 51.4 Å². The standard InChI is InChI=1S/C28H30Cl2N6O4/c1-35-21-13-11-17(29)15-19(21)25(27(35)39)33-31-23(37)9-7-5-3-4-6-8-10-24(38)32-34-26-20-16-18(30)12-14-22(20)36(2)28(26)40/h11-16,39-40H,3-10H2,1-2H3. The van der Waals surface area contributed by atoms with Crippen molar-refractivity contribution in [1.82, 2.24) is 9.13 Å². The second-order valence-electron chi connectivity index (χ2n) is 9.59. The highest BCUT2D eigenvalue weighted by Crippen LogP contribution is 2.40. The monoisotopic (exact) mass is 584 g/mol. The first-order valence-electron chi connectivity index (χ1n) is 13.0. The molecule has 2 N–H and O–H groups in total. The summed E-state index contributed by atoms with van der Waals surface area (Å²) >= 11 is 12.1. The number of carbonyl (C=O) groups is 2. The Bertz CT molecular complexity index is 1500. The number of rotatable bonds is 11. The van der Waals surface area contributed by atoms with Crippen LogP contribution in [0.1, 0.15) is 51.4 Å². The van der Waals surface area contributed by atoms with Gasteiger partial charge < -0.3 is 19.3 Å². The normalized spacial score (nSPS) is 12.0. The third-order valence-electron chi connectivity index (χ3n) is 6.76. The predicted molar refractivity (Wildman–Crippen MR) is 155 cm³/mol. The van der Waals surface area contributed by atoms with Crippen molar-refractivity contribution >= 4 is 68.2 Å². The third-order valence-corrected chi connectivity index (χ3v) is 7.23. The highest BCUT2D eigenvalue weighted by molar-refractivity contribution is 6.32. The molecule has 4 rings (SSSR count). The zero-order valence-corrected chi connectivity index (χ0v) is 23.8. The summed E-state index contributed by atoms with van der Waals surface area (Å²) in [5.41, 5.74) is 1.92. The Kier molecular flexibility index (Phi) is 9.54. The molecule has 2 heterocycles. The van der Waals surface area contributed by atoms with E-state index < -0.39 is 0 Å². The Morgan fingerprint density at radius 3 is 1.45 bits per heavy atom. The maximum absolute atomic E-state index is 12.2. The maximum atomic E-state index is 12.2. The van der Waals surface area contributed by atoms with E-state index in [2.05, 4.69) is 20.5 Å². The lowest BCUT2D eigenvalue weighted by Gasteiger charge is -2.00. The fraction of sp³-hybridized carbons (Fsp3) is 0.357. The summed E-state index contributed by atoms with van der Waals surface area (Å²) in [5, 5.41) is 38.4. The lowest BCUT2D eigenvalue weighted by Crippen LogP contribution is -1.93. The van der Waals surface area contributed by atoms with Crippen molar-refractivity contribution in [3.63, 3.8) is 0 Å². The average Bonchev–Trinajstić information content (AvgIpc) is 3.30. The summed E-state index contributed by atoms with van der Waals surface area (Å²) in [7, 11) is 3.39. The molecular weight excluding hydrogens is 555 g/mol. The van der Waals surface area contributed by atoms with Crippen LogP contribution < -0.4 is 0 Å². The number of nitrogens with zero attached hydrogens (tertiary/aromatic N) is 6. The summed E-state index contributed by atoms with van der Waals surface area (Å²) in [5.74, 6) is -0.862. The van der Waals surface area contributed by atoms with Gasteiger partial charge in [0.15, 0.2) is 11.4 Å². The molecule has 0 spiro atoms. The van der Waals surface area contributed by atoms with Crippen LogP contribution in [0.15, 0.2) is 56.9 Å². The molecule has 0 aliphatic heterocycles. The second-order valence-corrected chi connectivity index (χ2v) is 10.5. The number of aromatic hydroxyl groups is 2. The quantitative estimate of drug-likeness (QED) is 0.135. The molecular formula is C28H30Cl2N6O4. The van der Waals surface area contributed by atoms with E-state index in [4.69, 9.17) is 23.2 Å². The summed E-state index contributed by atoms with van der Waals surface area (Å²) < 4.78 is 3.13. The highest BCUT2D eigenvalue weighted by Gasteiger charge is 2.16. The maximum Gasteiger partial charge on any atom is 0.264 e. The van der Waals surface area contributed by atoms with E-state index in [9.17, 15) is 19.8 Å². The minimum absolute atomic E-state index is 0.0783. The van der Waals surface area contributed by atoms with Crippen LogP contribution in [-0.2, 0) is 23.7 Å². The number of hydrogen-bond acceptors (Lipinski definition) is 6. The Morgan fingerprint density at radius 1 is 0.675 bits per heavy atom. The number of aryl methyl sites for hydroxylation is 2. The number of amides is 2. The molecule has 2 amide bonds. The van der Waals surface area contributed by atoms with Gasteiger partial charge in [0.1, 0.15) is 0 Å². The molecule has 2 aromatic carbocycles. The molecule has 0 aliphatic carbocycles. The fourth-order valence-corrected chi connectivity index (χ4v) is 4.88. The van der Waals surface area contributed by atoms with Gasteiger partial charge in [-0.1, -0.05) is 48.9 Å². The van der Waals surface area contributed by atoms with Crippen molar-refractivity contribution in [3.05, 3.63) is 46.4 Å². The lowest BCUT2D eigenvalue weighted by atomic mass is 10.1. The van der Waals surface area contributed by atoms with Gasteiger partial charge in [-0.2, -0.15) is 0 Å². The number of halogens is 2. The number of hydrogen-bond donors (Lipinski definition) is 2. The van der Waals surface area contributed by atoms with Crippen molar-refractivity contribution < 1.29 is 19.8 Å². The zero-order chi connectivity index (χ0) is 28.8. The Labute approximate surface area is 240 Å². The Hall–Kier alpha value is -3.76. The van der Waals surface area contributed by atoms with Crippen molar-refractivity contribution in [2.75, 3.05) is 0 Å². The highest BCUT2D eigenvalue weighted by atomic mass is 35.5. The van der Waals surface area contributed by atoms with Gasteiger partial charge in [-0.05, 0) is 49.2 Å². The fourth-order valence-electron chi connectivity index (χ4n) is 4.54. The first-order valence-corrected chi connectivity index (χ1v) is 13.8. The molecule has 2 aromatic heterocycles. The van der Waals surface area contributed by atoms with E-state index >= 15 is 0 Å². The minimum atomic E-state index is -0.353. The SMILES string of the molecule is Cn1c(O)c(N=NC(=O)CCCCCCCCC(=O)N=Nc2c(O)n(C)c3ccc(Cl)cc23)c2cc(Cl)ccc21. The average molecular weight is 585 g/mol. The zero-order valence-electron chi connectivity index (χ0n) is 22.3. The molecule has 0 aliphatic rings. The molecule has 40 heavy (non-hydrogen) atoms. The van der Waals surface area contributed by atoms with Crippen LogP contribution in [-0.4, -0.2) is 31.2 Å². The topological polar surface area (TPSA) is 134 Å². The molecule has 0 radical (unpaired) electrons. The number of carbonyl (C=O) groups excluding carboxylic acids is 2. The van der Waals surface area contributed by atoms with E-state index in [1.807, 2.05) is 0 Å². The first-order chi connectivity index (χ1) is 19.2. The lowest BCUT2D eigenvalue weighted by molar-refractivity contribution is -0.119. The molecule has 0 atom stereocenters. The van der Waals surface area contributed by atoms with Crippen LogP contribution in [0.3, 0.4) is 0 Å². The van der Waals surface area contributed by atoms with Gasteiger partial charge >= 0.3 is 0 Å². The van der Waals surface area contributed by atoms with Gasteiger partial charge in [0.2, 0.25) is 11.8 Å². The van der Waals surface area contributed by atoms with Crippen molar-refractivity contribution in [2.24, 2.45) is 34.6 Å². The molecule has 0 bridgehead atoms. The van der Waals surface area contributed by atoms with Crippen LogP contribution in [0.4, 0.5) is 11.4 Å². The minimum Gasteiger partial charge on any atom is -0.493 e. The summed E-state index contributed by atoms with van der Waals surface area (Å²) in [6.07, 6.45) is 5.44. The van der Waals surface area contributed by atoms with Crippen LogP contribution >= 0.6 is 23.2 Å². The van der Waals surface area contributed by atoms with Crippen molar-refractivity contribution in [3.8, 4) is 11.8 Å². The molecule has 0 saturated carbocycles. The van der Waals surface area contributed by atoms with Gasteiger partial charge in [0.05, 0.1) is 11.0 Å². The Morgan fingerprint density at radius 2 is 1.05 bits per heavy atom. The van der Waals surface area contributed by atoms with E-state index in [0.29, 0.717) is 33.7 Å². The van der Waals surface area contributed by atoms with E-state index in [0.717, 1.165) is 36.7 Å². The van der Waals surface area contributed by atoms with E-state index in [1.165, 1.54) is 0 Å². The Balaban J connectivity index is 1.14. The molecule has 4 aromatic rings. The molecule has 0 saturated heterocycles. The van der Waals surface area contributed by atoms with Crippen LogP contribution in [0.2, 0.25) is 10.0 Å². The third kappa shape index (κ3) is 6.68. The summed E-state index contributed by atoms with van der Waals surface area (Å²) in [4.78, 5) is 24.3.